The Morgan fingerprint density at radius 1 is 0.871 bits per heavy atom. The van der Waals surface area contributed by atoms with Crippen LogP contribution in [0.3, 0.4) is 0 Å². The molecule has 0 aliphatic heterocycles. The van der Waals surface area contributed by atoms with E-state index < -0.39 is 0 Å². The van der Waals surface area contributed by atoms with Crippen molar-refractivity contribution in [1.29, 1.82) is 5.26 Å². The molecule has 1 N–H and O–H groups in total. The van der Waals surface area contributed by atoms with Gasteiger partial charge in [-0.25, -0.2) is 9.97 Å². The average molecular weight is 448 g/mol. The molecule has 2 aromatic heterocycles. The second-order valence-electron chi connectivity index (χ2n) is 6.21. The highest BCUT2D eigenvalue weighted by Gasteiger charge is 2.09. The standard InChI is InChI=1S/C22H17N5O2S2/c1-28-16-7-3-14(4-8-16)18-12-30-21(24-18)26-20(11-23)27-22-25-19(13-31-22)15-5-9-17(29-2)10-6-15/h3-10,12-13H,1-2H3,(H,24,25,26,27). The summed E-state index contributed by atoms with van der Waals surface area (Å²) < 4.78 is 10.4. The summed E-state index contributed by atoms with van der Waals surface area (Å²) in [4.78, 5) is 13.4. The molecule has 0 amide bonds. The first-order valence-electron chi connectivity index (χ1n) is 9.14. The van der Waals surface area contributed by atoms with Crippen LogP contribution in [0.15, 0.2) is 64.3 Å². The molecule has 0 spiro atoms. The molecule has 0 saturated carbocycles. The van der Waals surface area contributed by atoms with Gasteiger partial charge in [0, 0.05) is 21.9 Å². The van der Waals surface area contributed by atoms with E-state index >= 15 is 0 Å². The van der Waals surface area contributed by atoms with E-state index in [1.165, 1.54) is 22.7 Å². The fourth-order valence-corrected chi connectivity index (χ4v) is 4.13. The van der Waals surface area contributed by atoms with Crippen molar-refractivity contribution in [3.8, 4) is 40.1 Å². The highest BCUT2D eigenvalue weighted by Crippen LogP contribution is 2.29. The first-order chi connectivity index (χ1) is 15.2. The highest BCUT2D eigenvalue weighted by molar-refractivity contribution is 7.14. The Bertz CT molecular complexity index is 1240. The third-order valence-electron chi connectivity index (χ3n) is 4.31. The molecule has 7 nitrogen and oxygen atoms in total. The molecule has 154 valence electrons. The molecule has 0 aliphatic carbocycles. The molecule has 2 heterocycles. The van der Waals surface area contributed by atoms with E-state index in [9.17, 15) is 5.26 Å². The molecule has 0 saturated heterocycles. The van der Waals surface area contributed by atoms with Gasteiger partial charge in [-0.1, -0.05) is 0 Å². The van der Waals surface area contributed by atoms with E-state index in [1.807, 2.05) is 59.3 Å². The number of nitrogens with one attached hydrogen (secondary N) is 1. The van der Waals surface area contributed by atoms with Crippen molar-refractivity contribution in [1.82, 2.24) is 9.97 Å². The Labute approximate surface area is 187 Å². The number of hydrogen-bond acceptors (Lipinski definition) is 8. The summed E-state index contributed by atoms with van der Waals surface area (Å²) in [6.45, 7) is 0. The van der Waals surface area contributed by atoms with Crippen molar-refractivity contribution in [2.45, 2.75) is 0 Å². The van der Waals surface area contributed by atoms with Gasteiger partial charge in [0.25, 0.3) is 0 Å². The minimum Gasteiger partial charge on any atom is -0.497 e. The number of thiazole rings is 2. The molecular formula is C22H17N5O2S2. The lowest BCUT2D eigenvalue weighted by Gasteiger charge is -2.01. The monoisotopic (exact) mass is 447 g/mol. The first-order valence-corrected chi connectivity index (χ1v) is 10.9. The lowest BCUT2D eigenvalue weighted by molar-refractivity contribution is 0.415. The number of aromatic nitrogens is 2. The Hall–Kier alpha value is -3.74. The van der Waals surface area contributed by atoms with E-state index in [0.717, 1.165) is 34.0 Å². The molecule has 0 bridgehead atoms. The van der Waals surface area contributed by atoms with Crippen molar-refractivity contribution in [3.05, 3.63) is 59.3 Å². The highest BCUT2D eigenvalue weighted by atomic mass is 32.1. The topological polar surface area (TPSA) is 92.4 Å². The van der Waals surface area contributed by atoms with Gasteiger partial charge in [0.2, 0.25) is 11.0 Å². The van der Waals surface area contributed by atoms with Crippen molar-refractivity contribution < 1.29 is 9.47 Å². The number of benzene rings is 2. The number of amidine groups is 1. The van der Waals surface area contributed by atoms with Gasteiger partial charge in [-0.15, -0.1) is 22.7 Å². The van der Waals surface area contributed by atoms with Crippen LogP contribution in [-0.2, 0) is 0 Å². The third-order valence-corrected chi connectivity index (χ3v) is 5.80. The smallest absolute Gasteiger partial charge is 0.214 e. The molecule has 4 aromatic rings. The molecule has 0 radical (unpaired) electrons. The number of nitriles is 1. The normalized spacial score (nSPS) is 11.1. The van der Waals surface area contributed by atoms with Crippen LogP contribution in [0.1, 0.15) is 0 Å². The number of ether oxygens (including phenoxy) is 2. The van der Waals surface area contributed by atoms with Crippen LogP contribution in [0.25, 0.3) is 22.5 Å². The van der Waals surface area contributed by atoms with Gasteiger partial charge in [-0.05, 0) is 48.5 Å². The number of hydrogen-bond donors (Lipinski definition) is 1. The van der Waals surface area contributed by atoms with E-state index in [2.05, 4.69) is 26.3 Å². The van der Waals surface area contributed by atoms with E-state index in [4.69, 9.17) is 9.47 Å². The summed E-state index contributed by atoms with van der Waals surface area (Å²) in [7, 11) is 3.26. The van der Waals surface area contributed by atoms with E-state index in [0.29, 0.717) is 10.3 Å². The van der Waals surface area contributed by atoms with Crippen LogP contribution in [-0.4, -0.2) is 30.0 Å². The van der Waals surface area contributed by atoms with Crippen LogP contribution in [0, 0.1) is 11.3 Å². The quantitative estimate of drug-likeness (QED) is 0.305. The zero-order valence-corrected chi connectivity index (χ0v) is 18.3. The van der Waals surface area contributed by atoms with E-state index in [1.54, 1.807) is 14.2 Å². The summed E-state index contributed by atoms with van der Waals surface area (Å²) in [5.41, 5.74) is 3.52. The molecule has 0 fully saturated rings. The Kier molecular flexibility index (Phi) is 6.21. The molecule has 0 aliphatic rings. The molecule has 4 rings (SSSR count). The zero-order valence-electron chi connectivity index (χ0n) is 16.7. The van der Waals surface area contributed by atoms with Crippen molar-refractivity contribution in [3.63, 3.8) is 0 Å². The Balaban J connectivity index is 1.48. The predicted octanol–water partition coefficient (Wildman–Crippen LogP) is 5.62. The molecule has 2 aromatic carbocycles. The van der Waals surface area contributed by atoms with Gasteiger partial charge < -0.3 is 14.8 Å². The largest absolute Gasteiger partial charge is 0.497 e. The fourth-order valence-electron chi connectivity index (χ4n) is 2.71. The van der Waals surface area contributed by atoms with Crippen molar-refractivity contribution in [2.75, 3.05) is 19.5 Å². The number of rotatable bonds is 6. The number of aliphatic imine (C=N–C) groups is 1. The number of nitrogens with zero attached hydrogens (tertiary/aromatic N) is 4. The Morgan fingerprint density at radius 2 is 1.42 bits per heavy atom. The Morgan fingerprint density at radius 3 is 1.97 bits per heavy atom. The third kappa shape index (κ3) is 4.88. The van der Waals surface area contributed by atoms with Gasteiger partial charge >= 0.3 is 0 Å². The van der Waals surface area contributed by atoms with Crippen LogP contribution >= 0.6 is 22.7 Å². The van der Waals surface area contributed by atoms with Crippen LogP contribution in [0.4, 0.5) is 10.3 Å². The van der Waals surface area contributed by atoms with Crippen molar-refractivity contribution in [2.24, 2.45) is 4.99 Å². The maximum atomic E-state index is 9.49. The summed E-state index contributed by atoms with van der Waals surface area (Å²) >= 11 is 2.76. The van der Waals surface area contributed by atoms with Gasteiger partial charge in [0.05, 0.1) is 25.6 Å². The lowest BCUT2D eigenvalue weighted by atomic mass is 10.2. The maximum Gasteiger partial charge on any atom is 0.214 e. The number of anilines is 1. The second kappa shape index (κ2) is 9.38. The molecule has 31 heavy (non-hydrogen) atoms. The van der Waals surface area contributed by atoms with Crippen LogP contribution in [0.2, 0.25) is 0 Å². The average Bonchev–Trinajstić information content (AvgIpc) is 3.48. The predicted molar refractivity (Wildman–Crippen MR) is 125 cm³/mol. The molecular weight excluding hydrogens is 430 g/mol. The van der Waals surface area contributed by atoms with Crippen LogP contribution < -0.4 is 14.8 Å². The van der Waals surface area contributed by atoms with Gasteiger partial charge in [0.15, 0.2) is 5.13 Å². The zero-order chi connectivity index (χ0) is 21.6. The van der Waals surface area contributed by atoms with Crippen LogP contribution in [0.5, 0.6) is 11.5 Å². The SMILES string of the molecule is COc1ccc(-c2csc(/N=C(/C#N)Nc3nc(-c4ccc(OC)cc4)cs3)n2)cc1. The minimum atomic E-state index is 0.131. The summed E-state index contributed by atoms with van der Waals surface area (Å²) in [5, 5.41) is 17.4. The summed E-state index contributed by atoms with van der Waals surface area (Å²) in [6.07, 6.45) is 0. The van der Waals surface area contributed by atoms with Gasteiger partial charge in [-0.3, -0.25) is 0 Å². The number of methoxy groups -OCH3 is 2. The van der Waals surface area contributed by atoms with Gasteiger partial charge in [-0.2, -0.15) is 10.3 Å². The maximum absolute atomic E-state index is 9.49. The minimum absolute atomic E-state index is 0.131. The fraction of sp³-hybridized carbons (Fsp3) is 0.0909. The first kappa shape index (κ1) is 20.5. The van der Waals surface area contributed by atoms with E-state index in [-0.39, 0.29) is 5.84 Å². The summed E-state index contributed by atoms with van der Waals surface area (Å²) in [5.74, 6) is 1.70. The summed E-state index contributed by atoms with van der Waals surface area (Å²) in [6, 6.07) is 17.3. The molecule has 0 unspecified atom stereocenters. The van der Waals surface area contributed by atoms with Gasteiger partial charge in [0.1, 0.15) is 17.6 Å². The second-order valence-corrected chi connectivity index (χ2v) is 7.90. The van der Waals surface area contributed by atoms with Crippen molar-refractivity contribution >= 4 is 38.8 Å². The molecule has 9 heteroatoms. The molecule has 0 atom stereocenters. The lowest BCUT2D eigenvalue weighted by Crippen LogP contribution is -2.08.